The first kappa shape index (κ1) is 22.7. The lowest BCUT2D eigenvalue weighted by Crippen LogP contribution is -2.63. The number of hydrogen-bond donors (Lipinski definition) is 0. The summed E-state index contributed by atoms with van der Waals surface area (Å²) >= 11 is 0. The lowest BCUT2D eigenvalue weighted by atomic mass is 9.43. The maximum Gasteiger partial charge on any atom is 0.172 e. The minimum atomic E-state index is -0.242. The van der Waals surface area contributed by atoms with Crippen LogP contribution in [0.25, 0.3) is 0 Å². The summed E-state index contributed by atoms with van der Waals surface area (Å²) in [5, 5.41) is 0. The highest BCUT2D eigenvalue weighted by molar-refractivity contribution is 5.14. The molecular weight excluding hydrogens is 380 g/mol. The molecule has 5 rings (SSSR count). The van der Waals surface area contributed by atoms with Gasteiger partial charge in [0.05, 0.1) is 13.2 Å². The fourth-order valence-corrected chi connectivity index (χ4v) is 10.0. The summed E-state index contributed by atoms with van der Waals surface area (Å²) < 4.78 is 13.3. The first-order valence-corrected chi connectivity index (χ1v) is 14.1. The number of hydrogen-bond acceptors (Lipinski definition) is 2. The van der Waals surface area contributed by atoms with Crippen molar-refractivity contribution < 1.29 is 9.47 Å². The molecule has 4 aliphatic carbocycles. The summed E-state index contributed by atoms with van der Waals surface area (Å²) in [6.45, 7) is 14.4. The summed E-state index contributed by atoms with van der Waals surface area (Å²) in [6, 6.07) is 0. The topological polar surface area (TPSA) is 18.5 Å². The molecule has 2 heteroatoms. The van der Waals surface area contributed by atoms with Crippen molar-refractivity contribution >= 4 is 0 Å². The predicted octanol–water partition coefficient (Wildman–Crippen LogP) is 7.85. The van der Waals surface area contributed by atoms with Crippen LogP contribution >= 0.6 is 0 Å². The molecule has 31 heavy (non-hydrogen) atoms. The third-order valence-corrected chi connectivity index (χ3v) is 11.6. The smallest absolute Gasteiger partial charge is 0.172 e. The van der Waals surface area contributed by atoms with E-state index in [2.05, 4.69) is 34.6 Å². The molecule has 5 fully saturated rings. The van der Waals surface area contributed by atoms with Crippen LogP contribution in [0.4, 0.5) is 0 Å². The minimum absolute atomic E-state index is 0.242. The molecule has 0 amide bonds. The molecule has 0 bridgehead atoms. The van der Waals surface area contributed by atoms with Gasteiger partial charge < -0.3 is 9.47 Å². The summed E-state index contributed by atoms with van der Waals surface area (Å²) in [5.41, 5.74) is 1.03. The van der Waals surface area contributed by atoms with Gasteiger partial charge in [0, 0.05) is 12.3 Å². The SMILES string of the molecule is CC(C)CCCC(C)C1CCC2C3C(CCC12C)C1(C)CCCCC1CC31OCCO1. The second kappa shape index (κ2) is 8.30. The van der Waals surface area contributed by atoms with Crippen LogP contribution < -0.4 is 0 Å². The monoisotopic (exact) mass is 430 g/mol. The first-order valence-electron chi connectivity index (χ1n) is 14.1. The molecule has 8 atom stereocenters. The molecule has 1 saturated heterocycles. The molecule has 0 aromatic rings. The van der Waals surface area contributed by atoms with Gasteiger partial charge in [-0.3, -0.25) is 0 Å². The van der Waals surface area contributed by atoms with Crippen LogP contribution in [0.2, 0.25) is 0 Å². The maximum absolute atomic E-state index is 6.66. The van der Waals surface area contributed by atoms with Gasteiger partial charge in [-0.25, -0.2) is 0 Å². The zero-order valence-corrected chi connectivity index (χ0v) is 21.3. The molecule has 1 spiro atoms. The van der Waals surface area contributed by atoms with E-state index in [0.717, 1.165) is 48.7 Å². The Balaban J connectivity index is 1.41. The molecule has 1 aliphatic heterocycles. The lowest BCUT2D eigenvalue weighted by Gasteiger charge is -2.65. The van der Waals surface area contributed by atoms with Crippen molar-refractivity contribution in [3.8, 4) is 0 Å². The fraction of sp³-hybridized carbons (Fsp3) is 1.00. The van der Waals surface area contributed by atoms with E-state index >= 15 is 0 Å². The molecule has 5 aliphatic rings. The highest BCUT2D eigenvalue weighted by Gasteiger charge is 2.68. The molecule has 4 saturated carbocycles. The van der Waals surface area contributed by atoms with Crippen LogP contribution in [-0.4, -0.2) is 19.0 Å². The maximum atomic E-state index is 6.66. The molecule has 0 N–H and O–H groups in total. The van der Waals surface area contributed by atoms with Crippen LogP contribution in [0, 0.1) is 52.3 Å². The Bertz CT molecular complexity index is 637. The zero-order chi connectivity index (χ0) is 21.9. The van der Waals surface area contributed by atoms with E-state index in [-0.39, 0.29) is 5.79 Å². The Hall–Kier alpha value is -0.0800. The van der Waals surface area contributed by atoms with Crippen LogP contribution in [0.1, 0.15) is 112 Å². The van der Waals surface area contributed by atoms with Crippen molar-refractivity contribution in [2.24, 2.45) is 52.3 Å². The Morgan fingerprint density at radius 1 is 0.806 bits per heavy atom. The molecule has 8 unspecified atom stereocenters. The predicted molar refractivity (Wildman–Crippen MR) is 128 cm³/mol. The van der Waals surface area contributed by atoms with Crippen molar-refractivity contribution in [3.63, 3.8) is 0 Å². The van der Waals surface area contributed by atoms with Gasteiger partial charge in [-0.1, -0.05) is 66.7 Å². The number of rotatable bonds is 5. The van der Waals surface area contributed by atoms with Crippen LogP contribution in [-0.2, 0) is 9.47 Å². The fourth-order valence-electron chi connectivity index (χ4n) is 10.0. The van der Waals surface area contributed by atoms with E-state index in [0.29, 0.717) is 16.7 Å². The highest BCUT2D eigenvalue weighted by Crippen LogP contribution is 2.71. The minimum Gasteiger partial charge on any atom is -0.347 e. The van der Waals surface area contributed by atoms with E-state index in [4.69, 9.17) is 9.47 Å². The van der Waals surface area contributed by atoms with Crippen LogP contribution in [0.15, 0.2) is 0 Å². The van der Waals surface area contributed by atoms with E-state index in [1.807, 2.05) is 0 Å². The highest BCUT2D eigenvalue weighted by atomic mass is 16.7. The number of ether oxygens (including phenoxy) is 2. The van der Waals surface area contributed by atoms with Crippen molar-refractivity contribution in [1.29, 1.82) is 0 Å². The van der Waals surface area contributed by atoms with Gasteiger partial charge in [0.1, 0.15) is 0 Å². The summed E-state index contributed by atoms with van der Waals surface area (Å²) in [7, 11) is 0. The average Bonchev–Trinajstić information content (AvgIpc) is 3.33. The van der Waals surface area contributed by atoms with E-state index < -0.39 is 0 Å². The van der Waals surface area contributed by atoms with Gasteiger partial charge in [-0.15, -0.1) is 0 Å². The van der Waals surface area contributed by atoms with Gasteiger partial charge in [-0.05, 0) is 84.9 Å². The Morgan fingerprint density at radius 3 is 2.29 bits per heavy atom. The van der Waals surface area contributed by atoms with E-state index in [1.54, 1.807) is 0 Å². The van der Waals surface area contributed by atoms with Crippen molar-refractivity contribution in [1.82, 2.24) is 0 Å². The summed E-state index contributed by atoms with van der Waals surface area (Å²) in [4.78, 5) is 0. The van der Waals surface area contributed by atoms with E-state index in [9.17, 15) is 0 Å². The summed E-state index contributed by atoms with van der Waals surface area (Å²) in [5.74, 6) is 5.46. The van der Waals surface area contributed by atoms with Crippen LogP contribution in [0.5, 0.6) is 0 Å². The molecule has 178 valence electrons. The zero-order valence-electron chi connectivity index (χ0n) is 21.3. The van der Waals surface area contributed by atoms with Gasteiger partial charge in [0.25, 0.3) is 0 Å². The quantitative estimate of drug-likeness (QED) is 0.442. The van der Waals surface area contributed by atoms with E-state index in [1.165, 1.54) is 77.0 Å². The molecule has 0 aromatic heterocycles. The molecule has 0 radical (unpaired) electrons. The second-order valence-corrected chi connectivity index (χ2v) is 13.4. The van der Waals surface area contributed by atoms with Crippen LogP contribution in [0.3, 0.4) is 0 Å². The Kier molecular flexibility index (Phi) is 6.08. The third kappa shape index (κ3) is 3.56. The lowest BCUT2D eigenvalue weighted by molar-refractivity contribution is -0.298. The van der Waals surface area contributed by atoms with Crippen molar-refractivity contribution in [2.75, 3.05) is 13.2 Å². The van der Waals surface area contributed by atoms with Gasteiger partial charge in [0.15, 0.2) is 5.79 Å². The van der Waals surface area contributed by atoms with Crippen molar-refractivity contribution in [2.45, 2.75) is 117 Å². The Labute approximate surface area is 192 Å². The first-order chi connectivity index (χ1) is 14.8. The largest absolute Gasteiger partial charge is 0.347 e. The molecule has 1 heterocycles. The molecule has 0 aromatic carbocycles. The Morgan fingerprint density at radius 2 is 1.55 bits per heavy atom. The van der Waals surface area contributed by atoms with Crippen molar-refractivity contribution in [3.05, 3.63) is 0 Å². The molecule has 2 nitrogen and oxygen atoms in total. The van der Waals surface area contributed by atoms with Gasteiger partial charge >= 0.3 is 0 Å². The van der Waals surface area contributed by atoms with Gasteiger partial charge in [-0.2, -0.15) is 0 Å². The average molecular weight is 431 g/mol. The van der Waals surface area contributed by atoms with Gasteiger partial charge in [0.2, 0.25) is 0 Å². The number of fused-ring (bicyclic) bond motifs is 6. The standard InChI is InChI=1S/C29H50O2/c1-20(2)9-8-10-21(3)23-12-13-24-26-25(14-16-28(23,24)5)27(4)15-7-6-11-22(27)19-29(26)30-17-18-31-29/h20-26H,6-19H2,1-5H3. The second-order valence-electron chi connectivity index (χ2n) is 13.4. The third-order valence-electron chi connectivity index (χ3n) is 11.6. The normalized spacial score (nSPS) is 47.2. The molecular formula is C29H50O2. The summed E-state index contributed by atoms with van der Waals surface area (Å²) in [6.07, 6.45) is 16.9.